The van der Waals surface area contributed by atoms with Gasteiger partial charge in [0.2, 0.25) is 0 Å². The summed E-state index contributed by atoms with van der Waals surface area (Å²) < 4.78 is 49.8. The molecular formula is C20H19F3N2O4. The molecule has 1 amide bonds. The van der Waals surface area contributed by atoms with Crippen LogP contribution in [0.5, 0.6) is 0 Å². The van der Waals surface area contributed by atoms with Crippen molar-refractivity contribution in [1.82, 2.24) is 4.90 Å². The van der Waals surface area contributed by atoms with E-state index in [0.29, 0.717) is 19.3 Å². The Kier molecular flexibility index (Phi) is 6.84. The van der Waals surface area contributed by atoms with E-state index in [4.69, 9.17) is 9.47 Å². The van der Waals surface area contributed by atoms with Gasteiger partial charge in [0, 0.05) is 19.6 Å². The fourth-order valence-electron chi connectivity index (χ4n) is 2.79. The Hall–Kier alpha value is -2.91. The molecule has 2 aromatic rings. The maximum atomic E-state index is 13.5. The van der Waals surface area contributed by atoms with Gasteiger partial charge in [-0.25, -0.2) is 18.0 Å². The van der Waals surface area contributed by atoms with Gasteiger partial charge in [-0.15, -0.1) is 0 Å². The Balaban J connectivity index is 1.49. The number of nitrogens with one attached hydrogen (secondary N) is 1. The Bertz CT molecular complexity index is 884. The molecule has 1 N–H and O–H groups in total. The van der Waals surface area contributed by atoms with Gasteiger partial charge in [-0.2, -0.15) is 0 Å². The van der Waals surface area contributed by atoms with Crippen molar-refractivity contribution in [2.75, 3.05) is 38.2 Å². The minimum absolute atomic E-state index is 0.252. The minimum Gasteiger partial charge on any atom is -0.452 e. The summed E-state index contributed by atoms with van der Waals surface area (Å²) in [6.07, 6.45) is 0. The zero-order valence-electron chi connectivity index (χ0n) is 15.4. The topological polar surface area (TPSA) is 67.9 Å². The van der Waals surface area contributed by atoms with E-state index in [9.17, 15) is 22.8 Å². The molecule has 3 rings (SSSR count). The van der Waals surface area contributed by atoms with Crippen LogP contribution in [0.3, 0.4) is 0 Å². The van der Waals surface area contributed by atoms with Gasteiger partial charge in [0.25, 0.3) is 5.91 Å². The van der Waals surface area contributed by atoms with Crippen molar-refractivity contribution < 1.29 is 32.2 Å². The predicted molar refractivity (Wildman–Crippen MR) is 97.8 cm³/mol. The zero-order valence-corrected chi connectivity index (χ0v) is 15.4. The molecule has 1 aliphatic rings. The second-order valence-corrected chi connectivity index (χ2v) is 6.43. The first kappa shape index (κ1) is 20.8. The number of anilines is 1. The average Bonchev–Trinajstić information content (AvgIpc) is 2.74. The quantitative estimate of drug-likeness (QED) is 0.588. The summed E-state index contributed by atoms with van der Waals surface area (Å²) in [7, 11) is 0. The fourth-order valence-corrected chi connectivity index (χ4v) is 2.79. The number of ether oxygens (including phenoxy) is 2. The molecule has 0 radical (unpaired) electrons. The lowest BCUT2D eigenvalue weighted by Crippen LogP contribution is -2.35. The van der Waals surface area contributed by atoms with Gasteiger partial charge in [0.15, 0.2) is 24.1 Å². The lowest BCUT2D eigenvalue weighted by molar-refractivity contribution is -0.119. The predicted octanol–water partition coefficient (Wildman–Crippen LogP) is 2.73. The summed E-state index contributed by atoms with van der Waals surface area (Å²) in [5, 5.41) is 2.03. The highest BCUT2D eigenvalue weighted by molar-refractivity contribution is 5.95. The molecule has 0 spiro atoms. The minimum atomic E-state index is -1.70. The van der Waals surface area contributed by atoms with Crippen molar-refractivity contribution in [1.29, 1.82) is 0 Å². The molecule has 0 aliphatic carbocycles. The van der Waals surface area contributed by atoms with Crippen LogP contribution in [-0.2, 0) is 20.8 Å². The van der Waals surface area contributed by atoms with Crippen LogP contribution in [0.4, 0.5) is 18.9 Å². The molecule has 0 aromatic heterocycles. The molecule has 1 heterocycles. The van der Waals surface area contributed by atoms with E-state index in [-0.39, 0.29) is 5.56 Å². The molecule has 0 atom stereocenters. The molecule has 1 saturated heterocycles. The number of halogens is 3. The van der Waals surface area contributed by atoms with Gasteiger partial charge < -0.3 is 14.8 Å². The number of hydrogen-bond acceptors (Lipinski definition) is 5. The molecule has 0 saturated carbocycles. The summed E-state index contributed by atoms with van der Waals surface area (Å²) >= 11 is 0. The summed E-state index contributed by atoms with van der Waals surface area (Å²) in [4.78, 5) is 26.1. The Morgan fingerprint density at radius 2 is 1.69 bits per heavy atom. The number of carbonyl (C=O) groups excluding carboxylic acids is 2. The standard InChI is InChI=1S/C20H19F3N2O4/c21-15-5-6-16(19(23)18(15)22)24-17(26)12-29-20(27)14-3-1-13(2-4-14)11-25-7-9-28-10-8-25/h1-6H,7-12H2,(H,24,26). The van der Waals surface area contributed by atoms with Crippen LogP contribution in [0.25, 0.3) is 0 Å². The van der Waals surface area contributed by atoms with Crippen LogP contribution in [0, 0.1) is 17.5 Å². The van der Waals surface area contributed by atoms with Crippen molar-refractivity contribution in [2.45, 2.75) is 6.54 Å². The van der Waals surface area contributed by atoms with Crippen molar-refractivity contribution in [3.63, 3.8) is 0 Å². The average molecular weight is 408 g/mol. The van der Waals surface area contributed by atoms with Gasteiger partial charge in [0.05, 0.1) is 24.5 Å². The van der Waals surface area contributed by atoms with Crippen LogP contribution in [-0.4, -0.2) is 49.7 Å². The lowest BCUT2D eigenvalue weighted by Gasteiger charge is -2.26. The Labute approximate surface area is 165 Å². The van der Waals surface area contributed by atoms with E-state index in [1.165, 1.54) is 0 Å². The number of rotatable bonds is 6. The van der Waals surface area contributed by atoms with Crippen LogP contribution < -0.4 is 5.32 Å². The van der Waals surface area contributed by atoms with Gasteiger partial charge >= 0.3 is 5.97 Å². The van der Waals surface area contributed by atoms with E-state index in [1.54, 1.807) is 24.3 Å². The number of nitrogens with zero attached hydrogens (tertiary/aromatic N) is 1. The van der Waals surface area contributed by atoms with Crippen LogP contribution in [0.1, 0.15) is 15.9 Å². The summed E-state index contributed by atoms with van der Waals surface area (Å²) in [6, 6.07) is 8.32. The van der Waals surface area contributed by atoms with Gasteiger partial charge in [0.1, 0.15) is 0 Å². The smallest absolute Gasteiger partial charge is 0.338 e. The van der Waals surface area contributed by atoms with Crippen LogP contribution >= 0.6 is 0 Å². The zero-order chi connectivity index (χ0) is 20.8. The molecule has 1 fully saturated rings. The number of hydrogen-bond donors (Lipinski definition) is 1. The maximum Gasteiger partial charge on any atom is 0.338 e. The summed E-state index contributed by atoms with van der Waals surface area (Å²) in [6.45, 7) is 3.12. The highest BCUT2D eigenvalue weighted by Gasteiger charge is 2.17. The molecule has 9 heteroatoms. The molecule has 0 unspecified atom stereocenters. The highest BCUT2D eigenvalue weighted by Crippen LogP contribution is 2.19. The van der Waals surface area contributed by atoms with E-state index in [0.717, 1.165) is 31.3 Å². The third kappa shape index (κ3) is 5.55. The van der Waals surface area contributed by atoms with Crippen molar-refractivity contribution >= 4 is 17.6 Å². The fraction of sp³-hybridized carbons (Fsp3) is 0.300. The summed E-state index contributed by atoms with van der Waals surface area (Å²) in [5.41, 5.74) is 0.731. The number of benzene rings is 2. The lowest BCUT2D eigenvalue weighted by atomic mass is 10.1. The second-order valence-electron chi connectivity index (χ2n) is 6.43. The third-order valence-electron chi connectivity index (χ3n) is 4.34. The number of morpholine rings is 1. The first-order valence-electron chi connectivity index (χ1n) is 8.93. The largest absolute Gasteiger partial charge is 0.452 e. The molecule has 1 aliphatic heterocycles. The van der Waals surface area contributed by atoms with Crippen molar-refractivity contribution in [2.24, 2.45) is 0 Å². The molecule has 6 nitrogen and oxygen atoms in total. The first-order chi connectivity index (χ1) is 13.9. The number of amides is 1. The highest BCUT2D eigenvalue weighted by atomic mass is 19.2. The number of esters is 1. The first-order valence-corrected chi connectivity index (χ1v) is 8.93. The van der Waals surface area contributed by atoms with E-state index < -0.39 is 41.6 Å². The van der Waals surface area contributed by atoms with E-state index in [1.807, 2.05) is 5.32 Å². The third-order valence-corrected chi connectivity index (χ3v) is 4.34. The monoisotopic (exact) mass is 408 g/mol. The Morgan fingerprint density at radius 1 is 1.00 bits per heavy atom. The van der Waals surface area contributed by atoms with E-state index in [2.05, 4.69) is 4.90 Å². The molecule has 29 heavy (non-hydrogen) atoms. The van der Waals surface area contributed by atoms with Gasteiger partial charge in [-0.3, -0.25) is 9.69 Å². The SMILES string of the molecule is O=C(COC(=O)c1ccc(CN2CCOCC2)cc1)Nc1ccc(F)c(F)c1F. The van der Waals surface area contributed by atoms with Crippen molar-refractivity contribution in [3.8, 4) is 0 Å². The Morgan fingerprint density at radius 3 is 2.38 bits per heavy atom. The summed E-state index contributed by atoms with van der Waals surface area (Å²) in [5.74, 6) is -6.21. The van der Waals surface area contributed by atoms with Crippen LogP contribution in [0.2, 0.25) is 0 Å². The van der Waals surface area contributed by atoms with E-state index >= 15 is 0 Å². The molecule has 0 bridgehead atoms. The molecule has 154 valence electrons. The molecular weight excluding hydrogens is 389 g/mol. The normalized spacial score (nSPS) is 14.4. The number of carbonyl (C=O) groups is 2. The molecule has 2 aromatic carbocycles. The van der Waals surface area contributed by atoms with Gasteiger partial charge in [-0.1, -0.05) is 12.1 Å². The van der Waals surface area contributed by atoms with Crippen LogP contribution in [0.15, 0.2) is 36.4 Å². The second kappa shape index (κ2) is 9.53. The van der Waals surface area contributed by atoms with Crippen molar-refractivity contribution in [3.05, 3.63) is 65.0 Å². The van der Waals surface area contributed by atoms with Gasteiger partial charge in [-0.05, 0) is 29.8 Å². The maximum absolute atomic E-state index is 13.5.